The number of piperidine rings is 1. The summed E-state index contributed by atoms with van der Waals surface area (Å²) in [7, 11) is 0. The highest BCUT2D eigenvalue weighted by Gasteiger charge is 2.44. The van der Waals surface area contributed by atoms with E-state index in [1.807, 2.05) is 12.1 Å². The first-order chi connectivity index (χ1) is 24.1. The number of anilines is 2. The van der Waals surface area contributed by atoms with Gasteiger partial charge in [-0.2, -0.15) is 13.2 Å². The zero-order chi connectivity index (χ0) is 35.0. The lowest BCUT2D eigenvalue weighted by molar-refractivity contribution is -0.154. The van der Waals surface area contributed by atoms with Crippen LogP contribution in [-0.2, 0) is 19.9 Å². The van der Waals surface area contributed by atoms with Crippen LogP contribution in [0.5, 0.6) is 5.88 Å². The molecule has 0 aliphatic carbocycles. The van der Waals surface area contributed by atoms with Crippen LogP contribution in [0.15, 0.2) is 72.8 Å². The second kappa shape index (κ2) is 13.9. The number of nitrogens with zero attached hydrogens (tertiary/aromatic N) is 4. The fourth-order valence-electron chi connectivity index (χ4n) is 6.40. The van der Waals surface area contributed by atoms with Crippen LogP contribution < -0.4 is 20.9 Å². The van der Waals surface area contributed by atoms with E-state index in [2.05, 4.69) is 26.1 Å². The summed E-state index contributed by atoms with van der Waals surface area (Å²) in [6.07, 6.45) is -2.83. The maximum absolute atomic E-state index is 14.2. The Labute approximate surface area is 289 Å². The number of aliphatic hydroxyl groups is 1. The molecule has 10 nitrogen and oxygen atoms in total. The van der Waals surface area contributed by atoms with E-state index in [1.54, 1.807) is 41.0 Å². The minimum Gasteiger partial charge on any atom is -0.473 e. The molecule has 1 saturated heterocycles. The first-order valence-corrected chi connectivity index (χ1v) is 16.3. The monoisotopic (exact) mass is 709 g/mol. The van der Waals surface area contributed by atoms with Crippen molar-refractivity contribution in [2.45, 2.75) is 50.9 Å². The quantitative estimate of drug-likeness (QED) is 0.122. The summed E-state index contributed by atoms with van der Waals surface area (Å²) in [5.74, 6) is 0.324. The first kappa shape index (κ1) is 33.7. The van der Waals surface area contributed by atoms with Gasteiger partial charge in [-0.25, -0.2) is 19.8 Å². The van der Waals surface area contributed by atoms with E-state index >= 15 is 0 Å². The van der Waals surface area contributed by atoms with Gasteiger partial charge in [0.1, 0.15) is 31.0 Å². The molecule has 7 rings (SSSR count). The van der Waals surface area contributed by atoms with Crippen molar-refractivity contribution in [2.24, 2.45) is 0 Å². The van der Waals surface area contributed by atoms with E-state index in [9.17, 15) is 27.5 Å². The summed E-state index contributed by atoms with van der Waals surface area (Å²) in [6.45, 7) is 1.73. The fraction of sp³-hybridized carbons (Fsp3) is 0.286. The number of carbonyl (C=O) groups is 1. The first-order valence-electron chi connectivity index (χ1n) is 16.0. The Morgan fingerprint density at radius 2 is 1.86 bits per heavy atom. The molecule has 2 aliphatic rings. The van der Waals surface area contributed by atoms with Gasteiger partial charge in [-0.15, -0.1) is 0 Å². The molecule has 50 heavy (non-hydrogen) atoms. The lowest BCUT2D eigenvalue weighted by Crippen LogP contribution is -2.33. The standard InChI is InChI=1S/C35H32ClF4N7O3/c36-23-6-4-22(26(37)15-23)18-50-32-3-1-2-27(43-32)20-10-12-46(13-11-20)17-31-42-29-14-21(5-9-30(29)47(31)19-48)34(49)41-24-7-8-28-25(16-24)33(45-44-28)35(38,39)40/h1-9,14-16,20,33,44-45,48H,10-13,17-19H2,(H,41,49). The minimum atomic E-state index is -4.51. The molecule has 1 fully saturated rings. The molecule has 260 valence electrons. The summed E-state index contributed by atoms with van der Waals surface area (Å²) in [6, 6.07) is 17.3. The fourth-order valence-corrected chi connectivity index (χ4v) is 6.56. The number of rotatable bonds is 9. The number of amides is 1. The average Bonchev–Trinajstić information content (AvgIpc) is 3.69. The van der Waals surface area contributed by atoms with Crippen LogP contribution in [0.3, 0.4) is 0 Å². The van der Waals surface area contributed by atoms with Crippen molar-refractivity contribution < 1.29 is 32.2 Å². The summed E-state index contributed by atoms with van der Waals surface area (Å²) < 4.78 is 61.9. The highest BCUT2D eigenvalue weighted by molar-refractivity contribution is 6.30. The van der Waals surface area contributed by atoms with E-state index in [-0.39, 0.29) is 36.1 Å². The largest absolute Gasteiger partial charge is 0.473 e. The van der Waals surface area contributed by atoms with Gasteiger partial charge in [0.05, 0.1) is 23.3 Å². The van der Waals surface area contributed by atoms with E-state index < -0.39 is 23.9 Å². The van der Waals surface area contributed by atoms with Crippen LogP contribution in [0.1, 0.15) is 57.8 Å². The molecular formula is C35H32ClF4N7O3. The Bertz CT molecular complexity index is 2050. The van der Waals surface area contributed by atoms with Gasteiger partial charge < -0.3 is 25.2 Å². The van der Waals surface area contributed by atoms with Crippen LogP contribution >= 0.6 is 11.6 Å². The number of aliphatic hydroxyl groups excluding tert-OH is 1. The SMILES string of the molecule is O=C(Nc1ccc2c(c1)C(C(F)(F)F)NN2)c1ccc2c(c1)nc(CN1CCC(c3cccc(OCc4ccc(Cl)cc4F)n3)CC1)n2CO. The van der Waals surface area contributed by atoms with Crippen molar-refractivity contribution in [2.75, 3.05) is 23.8 Å². The molecule has 0 bridgehead atoms. The van der Waals surface area contributed by atoms with E-state index in [0.29, 0.717) is 45.6 Å². The Morgan fingerprint density at radius 3 is 2.62 bits per heavy atom. The molecule has 1 amide bonds. The van der Waals surface area contributed by atoms with E-state index in [0.717, 1.165) is 31.6 Å². The molecule has 3 aromatic carbocycles. The normalized spacial score (nSPS) is 16.7. The van der Waals surface area contributed by atoms with Crippen LogP contribution in [0, 0.1) is 5.82 Å². The molecule has 4 heterocycles. The molecule has 0 radical (unpaired) electrons. The van der Waals surface area contributed by atoms with Crippen LogP contribution in [-0.4, -0.2) is 49.7 Å². The predicted octanol–water partition coefficient (Wildman–Crippen LogP) is 6.92. The summed E-state index contributed by atoms with van der Waals surface area (Å²) in [5, 5.41) is 13.2. The highest BCUT2D eigenvalue weighted by Crippen LogP contribution is 2.41. The van der Waals surface area contributed by atoms with Gasteiger partial charge >= 0.3 is 6.18 Å². The second-order valence-corrected chi connectivity index (χ2v) is 12.7. The number of aromatic nitrogens is 3. The molecule has 5 aromatic rings. The third-order valence-corrected chi connectivity index (χ3v) is 9.27. The number of nitrogens with one attached hydrogen (secondary N) is 3. The molecule has 2 aliphatic heterocycles. The maximum atomic E-state index is 14.2. The van der Waals surface area contributed by atoms with Crippen molar-refractivity contribution in [3.05, 3.63) is 112 Å². The lowest BCUT2D eigenvalue weighted by Gasteiger charge is -2.31. The molecule has 0 spiro atoms. The number of ether oxygens (including phenoxy) is 1. The topological polar surface area (TPSA) is 117 Å². The number of pyridine rings is 1. The third kappa shape index (κ3) is 7.10. The number of hydrazine groups is 1. The Morgan fingerprint density at radius 1 is 1.04 bits per heavy atom. The van der Waals surface area contributed by atoms with Crippen molar-refractivity contribution in [3.63, 3.8) is 0 Å². The zero-order valence-electron chi connectivity index (χ0n) is 26.5. The second-order valence-electron chi connectivity index (χ2n) is 12.3. The van der Waals surface area contributed by atoms with Gasteiger partial charge in [-0.05, 0) is 80.5 Å². The molecular weight excluding hydrogens is 678 g/mol. The number of imidazole rings is 1. The molecule has 15 heteroatoms. The van der Waals surface area contributed by atoms with Gasteiger partial charge in [0.25, 0.3) is 5.91 Å². The Kier molecular flexibility index (Phi) is 9.35. The third-order valence-electron chi connectivity index (χ3n) is 9.04. The number of hydrogen-bond donors (Lipinski definition) is 4. The predicted molar refractivity (Wildman–Crippen MR) is 179 cm³/mol. The van der Waals surface area contributed by atoms with E-state index in [4.69, 9.17) is 21.3 Å². The van der Waals surface area contributed by atoms with Crippen LogP contribution in [0.25, 0.3) is 11.0 Å². The minimum absolute atomic E-state index is 0.0111. The Hall–Kier alpha value is -4.76. The number of hydrogen-bond acceptors (Lipinski definition) is 8. The molecule has 0 saturated carbocycles. The Balaban J connectivity index is 0.981. The smallest absolute Gasteiger partial charge is 0.409 e. The van der Waals surface area contributed by atoms with Crippen LogP contribution in [0.4, 0.5) is 28.9 Å². The van der Waals surface area contributed by atoms with Gasteiger partial charge in [-0.1, -0.05) is 23.7 Å². The van der Waals surface area contributed by atoms with Gasteiger partial charge in [-0.3, -0.25) is 9.69 Å². The molecule has 1 atom stereocenters. The summed E-state index contributed by atoms with van der Waals surface area (Å²) >= 11 is 5.84. The number of halogens is 5. The summed E-state index contributed by atoms with van der Waals surface area (Å²) in [5.41, 5.74) is 7.96. The summed E-state index contributed by atoms with van der Waals surface area (Å²) in [4.78, 5) is 24.8. The maximum Gasteiger partial charge on any atom is 0.409 e. The lowest BCUT2D eigenvalue weighted by atomic mass is 9.93. The van der Waals surface area contributed by atoms with Crippen LogP contribution in [0.2, 0.25) is 5.02 Å². The number of fused-ring (bicyclic) bond motifs is 2. The van der Waals surface area contributed by atoms with Gasteiger partial charge in [0.2, 0.25) is 5.88 Å². The molecule has 1 unspecified atom stereocenters. The van der Waals surface area contributed by atoms with E-state index in [1.165, 1.54) is 24.3 Å². The van der Waals surface area contributed by atoms with Crippen molar-refractivity contribution in [3.8, 4) is 5.88 Å². The number of benzene rings is 3. The molecule has 4 N–H and O–H groups in total. The van der Waals surface area contributed by atoms with Crippen molar-refractivity contribution >= 4 is 39.9 Å². The molecule has 2 aromatic heterocycles. The number of carbonyl (C=O) groups excluding carboxylic acids is 1. The average molecular weight is 710 g/mol. The number of likely N-dealkylation sites (tertiary alicyclic amines) is 1. The van der Waals surface area contributed by atoms with Crippen molar-refractivity contribution in [1.82, 2.24) is 24.9 Å². The van der Waals surface area contributed by atoms with Crippen molar-refractivity contribution in [1.29, 1.82) is 0 Å². The number of alkyl halides is 3. The van der Waals surface area contributed by atoms with Gasteiger partial charge in [0.15, 0.2) is 0 Å². The zero-order valence-corrected chi connectivity index (χ0v) is 27.2. The highest BCUT2D eigenvalue weighted by atomic mass is 35.5. The van der Waals surface area contributed by atoms with Gasteiger partial charge in [0, 0.05) is 45.1 Å².